The molecular formula is C9H4BrClF2N2O. The Labute approximate surface area is 103 Å². The van der Waals surface area contributed by atoms with Gasteiger partial charge in [0.2, 0.25) is 5.89 Å². The average molecular weight is 309 g/mol. The van der Waals surface area contributed by atoms with Crippen molar-refractivity contribution >= 4 is 27.5 Å². The van der Waals surface area contributed by atoms with Crippen LogP contribution >= 0.6 is 27.5 Å². The Kier molecular flexibility index (Phi) is 3.20. The first kappa shape index (κ1) is 11.5. The van der Waals surface area contributed by atoms with Crippen molar-refractivity contribution in [2.45, 2.75) is 6.43 Å². The van der Waals surface area contributed by atoms with Crippen LogP contribution in [0.4, 0.5) is 8.78 Å². The minimum Gasteiger partial charge on any atom is -0.415 e. The molecule has 0 amide bonds. The second kappa shape index (κ2) is 4.47. The van der Waals surface area contributed by atoms with Gasteiger partial charge in [-0.25, -0.2) is 0 Å². The third-order valence-electron chi connectivity index (χ3n) is 1.81. The molecule has 2 rings (SSSR count). The fourth-order valence-corrected chi connectivity index (χ4v) is 1.71. The molecule has 0 spiro atoms. The maximum Gasteiger partial charge on any atom is 0.314 e. The summed E-state index contributed by atoms with van der Waals surface area (Å²) in [5, 5.41) is 7.20. The van der Waals surface area contributed by atoms with E-state index >= 15 is 0 Å². The van der Waals surface area contributed by atoms with E-state index in [0.29, 0.717) is 15.1 Å². The van der Waals surface area contributed by atoms with Crippen molar-refractivity contribution in [3.8, 4) is 11.5 Å². The number of benzene rings is 1. The molecule has 1 aromatic carbocycles. The molecule has 1 heterocycles. The first-order valence-corrected chi connectivity index (χ1v) is 5.32. The minimum absolute atomic E-state index is 0.00433. The van der Waals surface area contributed by atoms with Gasteiger partial charge in [-0.05, 0) is 28.1 Å². The number of alkyl halides is 2. The van der Waals surface area contributed by atoms with Crippen LogP contribution in [0.1, 0.15) is 12.3 Å². The molecule has 0 aliphatic heterocycles. The van der Waals surface area contributed by atoms with Crippen molar-refractivity contribution in [2.75, 3.05) is 0 Å². The number of hydrogen-bond donors (Lipinski definition) is 0. The van der Waals surface area contributed by atoms with Crippen LogP contribution in [0.25, 0.3) is 11.5 Å². The summed E-state index contributed by atoms with van der Waals surface area (Å²) >= 11 is 9.06. The van der Waals surface area contributed by atoms with E-state index in [-0.39, 0.29) is 5.89 Å². The molecule has 84 valence electrons. The first-order chi connectivity index (χ1) is 7.59. The standard InChI is InChI=1S/C9H4BrClF2N2O/c10-6-4(2-1-3-5(6)11)8-14-15-9(16-8)7(12)13/h1-3,7H. The van der Waals surface area contributed by atoms with Crippen LogP contribution in [0.2, 0.25) is 5.02 Å². The number of aromatic nitrogens is 2. The minimum atomic E-state index is -2.78. The smallest absolute Gasteiger partial charge is 0.314 e. The summed E-state index contributed by atoms with van der Waals surface area (Å²) in [6, 6.07) is 4.95. The largest absolute Gasteiger partial charge is 0.415 e. The van der Waals surface area contributed by atoms with E-state index in [0.717, 1.165) is 0 Å². The summed E-state index contributed by atoms with van der Waals surface area (Å²) in [6.45, 7) is 0. The monoisotopic (exact) mass is 308 g/mol. The summed E-state index contributed by atoms with van der Waals surface area (Å²) in [5.41, 5.74) is 0.479. The molecule has 0 radical (unpaired) electrons. The van der Waals surface area contributed by atoms with Gasteiger partial charge in [0, 0.05) is 4.47 Å². The van der Waals surface area contributed by atoms with Crippen molar-refractivity contribution < 1.29 is 13.2 Å². The predicted octanol–water partition coefficient (Wildman–Crippen LogP) is 4.09. The van der Waals surface area contributed by atoms with Gasteiger partial charge in [-0.1, -0.05) is 17.7 Å². The van der Waals surface area contributed by atoms with Gasteiger partial charge in [-0.15, -0.1) is 10.2 Å². The number of halogens is 4. The van der Waals surface area contributed by atoms with Crippen molar-refractivity contribution in [1.29, 1.82) is 0 Å². The fraction of sp³-hybridized carbons (Fsp3) is 0.111. The highest BCUT2D eigenvalue weighted by Crippen LogP contribution is 2.33. The van der Waals surface area contributed by atoms with Gasteiger partial charge in [-0.2, -0.15) is 8.78 Å². The summed E-state index contributed by atoms with van der Waals surface area (Å²) in [4.78, 5) is 0. The van der Waals surface area contributed by atoms with Crippen molar-refractivity contribution in [3.63, 3.8) is 0 Å². The number of rotatable bonds is 2. The Morgan fingerprint density at radius 3 is 2.69 bits per heavy atom. The second-order valence-electron chi connectivity index (χ2n) is 2.85. The molecule has 16 heavy (non-hydrogen) atoms. The molecule has 0 saturated carbocycles. The third-order valence-corrected chi connectivity index (χ3v) is 3.21. The van der Waals surface area contributed by atoms with E-state index in [1.54, 1.807) is 18.2 Å². The molecule has 2 aromatic rings. The van der Waals surface area contributed by atoms with Crippen molar-refractivity contribution in [2.24, 2.45) is 0 Å². The fourth-order valence-electron chi connectivity index (χ4n) is 1.10. The van der Waals surface area contributed by atoms with E-state index in [9.17, 15) is 8.78 Å². The van der Waals surface area contributed by atoms with Gasteiger partial charge in [-0.3, -0.25) is 0 Å². The summed E-state index contributed by atoms with van der Waals surface area (Å²) in [5.74, 6) is -0.702. The zero-order valence-corrected chi connectivity index (χ0v) is 9.97. The molecule has 0 bridgehead atoms. The lowest BCUT2D eigenvalue weighted by Crippen LogP contribution is -1.81. The SMILES string of the molecule is FC(F)c1nnc(-c2cccc(Cl)c2Br)o1. The Bertz CT molecular complexity index is 518. The van der Waals surface area contributed by atoms with E-state index in [2.05, 4.69) is 26.1 Å². The molecule has 0 atom stereocenters. The lowest BCUT2D eigenvalue weighted by atomic mass is 10.2. The third kappa shape index (κ3) is 2.08. The summed E-state index contributed by atoms with van der Waals surface area (Å²) in [7, 11) is 0. The predicted molar refractivity (Wildman–Crippen MR) is 57.4 cm³/mol. The zero-order valence-electron chi connectivity index (χ0n) is 7.62. The van der Waals surface area contributed by atoms with Gasteiger partial charge < -0.3 is 4.42 Å². The number of nitrogens with zero attached hydrogens (tertiary/aromatic N) is 2. The van der Waals surface area contributed by atoms with Crippen molar-refractivity contribution in [3.05, 3.63) is 33.6 Å². The summed E-state index contributed by atoms with van der Waals surface area (Å²) in [6.07, 6.45) is -2.78. The van der Waals surface area contributed by atoms with Crippen LogP contribution in [-0.2, 0) is 0 Å². The number of hydrogen-bond acceptors (Lipinski definition) is 3. The van der Waals surface area contributed by atoms with Gasteiger partial charge >= 0.3 is 6.43 Å². The summed E-state index contributed by atoms with van der Waals surface area (Å²) < 4.78 is 29.8. The van der Waals surface area contributed by atoms with E-state index in [1.165, 1.54) is 0 Å². The average Bonchev–Trinajstić information content (AvgIpc) is 2.71. The van der Waals surface area contributed by atoms with Crippen LogP contribution in [0, 0.1) is 0 Å². The molecule has 0 unspecified atom stereocenters. The Balaban J connectivity index is 2.47. The van der Waals surface area contributed by atoms with Crippen LogP contribution in [0.3, 0.4) is 0 Å². The van der Waals surface area contributed by atoms with Crippen molar-refractivity contribution in [1.82, 2.24) is 10.2 Å². The normalized spacial score (nSPS) is 11.1. The van der Waals surface area contributed by atoms with E-state index in [4.69, 9.17) is 16.0 Å². The molecule has 0 saturated heterocycles. The molecule has 3 nitrogen and oxygen atoms in total. The molecular weight excluding hydrogens is 305 g/mol. The Morgan fingerprint density at radius 2 is 2.06 bits per heavy atom. The van der Waals surface area contributed by atoms with Crippen LogP contribution in [0.5, 0.6) is 0 Å². The molecule has 0 N–H and O–H groups in total. The molecule has 1 aromatic heterocycles. The van der Waals surface area contributed by atoms with Crippen LogP contribution in [0.15, 0.2) is 27.1 Å². The highest BCUT2D eigenvalue weighted by atomic mass is 79.9. The second-order valence-corrected chi connectivity index (χ2v) is 4.05. The van der Waals surface area contributed by atoms with E-state index < -0.39 is 12.3 Å². The van der Waals surface area contributed by atoms with Gasteiger partial charge in [0.15, 0.2) is 0 Å². The lowest BCUT2D eigenvalue weighted by molar-refractivity contribution is 0.116. The molecule has 7 heteroatoms. The van der Waals surface area contributed by atoms with E-state index in [1.807, 2.05) is 0 Å². The molecule has 0 aliphatic rings. The Hall–Kier alpha value is -1.01. The highest BCUT2D eigenvalue weighted by Gasteiger charge is 2.18. The van der Waals surface area contributed by atoms with Gasteiger partial charge in [0.25, 0.3) is 5.89 Å². The van der Waals surface area contributed by atoms with Crippen LogP contribution < -0.4 is 0 Å². The Morgan fingerprint density at radius 1 is 1.31 bits per heavy atom. The molecule has 0 aliphatic carbocycles. The highest BCUT2D eigenvalue weighted by molar-refractivity contribution is 9.10. The maximum absolute atomic E-state index is 12.2. The maximum atomic E-state index is 12.2. The van der Waals surface area contributed by atoms with Crippen LogP contribution in [-0.4, -0.2) is 10.2 Å². The lowest BCUT2D eigenvalue weighted by Gasteiger charge is -2.00. The first-order valence-electron chi connectivity index (χ1n) is 4.15. The quantitative estimate of drug-likeness (QED) is 0.838. The molecule has 0 fully saturated rings. The zero-order chi connectivity index (χ0) is 11.7. The topological polar surface area (TPSA) is 38.9 Å². The van der Waals surface area contributed by atoms with Gasteiger partial charge in [0.1, 0.15) is 0 Å². The van der Waals surface area contributed by atoms with Gasteiger partial charge in [0.05, 0.1) is 10.6 Å².